The first-order valence-corrected chi connectivity index (χ1v) is 10.7. The lowest BCUT2D eigenvalue weighted by Crippen LogP contribution is -2.39. The monoisotopic (exact) mass is 393 g/mol. The molecule has 0 saturated heterocycles. The lowest BCUT2D eigenvalue weighted by atomic mass is 10.0. The van der Waals surface area contributed by atoms with Gasteiger partial charge in [-0.1, -0.05) is 6.07 Å². The van der Waals surface area contributed by atoms with E-state index in [1.54, 1.807) is 23.5 Å². The van der Waals surface area contributed by atoms with E-state index in [0.717, 1.165) is 17.3 Å². The smallest absolute Gasteiger partial charge is 0.242 e. The van der Waals surface area contributed by atoms with Gasteiger partial charge in [0, 0.05) is 37.2 Å². The molecule has 0 radical (unpaired) electrons. The van der Waals surface area contributed by atoms with Crippen molar-refractivity contribution in [1.29, 1.82) is 0 Å². The van der Waals surface area contributed by atoms with Gasteiger partial charge in [-0.15, -0.1) is 11.3 Å². The summed E-state index contributed by atoms with van der Waals surface area (Å²) >= 11 is 1.77. The molecule has 1 N–H and O–H groups in total. The lowest BCUT2D eigenvalue weighted by Gasteiger charge is -2.32. The zero-order valence-electron chi connectivity index (χ0n) is 15.1. The molecule has 2 aromatic rings. The first kappa shape index (κ1) is 19.0. The van der Waals surface area contributed by atoms with Crippen molar-refractivity contribution in [1.82, 2.24) is 9.21 Å². The van der Waals surface area contributed by atoms with Crippen LogP contribution in [0.1, 0.15) is 23.4 Å². The van der Waals surface area contributed by atoms with Crippen LogP contribution in [0.4, 0.5) is 5.69 Å². The fourth-order valence-corrected chi connectivity index (χ4v) is 5.02. The molecular weight excluding hydrogens is 370 g/mol. The molecule has 1 aromatic carbocycles. The maximum Gasteiger partial charge on any atom is 0.242 e. The molecule has 0 bridgehead atoms. The van der Waals surface area contributed by atoms with Gasteiger partial charge in [-0.2, -0.15) is 0 Å². The number of sulfonamides is 1. The summed E-state index contributed by atoms with van der Waals surface area (Å²) in [5, 5.41) is 4.92. The zero-order chi connectivity index (χ0) is 18.9. The molecule has 6 nitrogen and oxygen atoms in total. The number of fused-ring (bicyclic) bond motifs is 1. The maximum absolute atomic E-state index is 12.5. The second-order valence-electron chi connectivity index (χ2n) is 6.56. The number of anilines is 1. The molecule has 0 spiro atoms. The van der Waals surface area contributed by atoms with Crippen molar-refractivity contribution in [2.45, 2.75) is 24.3 Å². The second-order valence-corrected chi connectivity index (χ2v) is 9.71. The van der Waals surface area contributed by atoms with Gasteiger partial charge in [0.25, 0.3) is 0 Å². The molecular formula is C18H23N3O3S2. The summed E-state index contributed by atoms with van der Waals surface area (Å²) in [6, 6.07) is 8.68. The number of carbonyl (C=O) groups excluding carboxylic acids is 1. The van der Waals surface area contributed by atoms with Crippen LogP contribution in [0.2, 0.25) is 0 Å². The van der Waals surface area contributed by atoms with Gasteiger partial charge in [0.15, 0.2) is 0 Å². The van der Waals surface area contributed by atoms with E-state index in [1.807, 2.05) is 0 Å². The predicted molar refractivity (Wildman–Crippen MR) is 104 cm³/mol. The Morgan fingerprint density at radius 1 is 1.35 bits per heavy atom. The minimum Gasteiger partial charge on any atom is -0.325 e. The van der Waals surface area contributed by atoms with E-state index in [0.29, 0.717) is 5.69 Å². The van der Waals surface area contributed by atoms with Crippen LogP contribution in [0.25, 0.3) is 0 Å². The first-order chi connectivity index (χ1) is 12.3. The quantitative estimate of drug-likeness (QED) is 0.848. The van der Waals surface area contributed by atoms with Gasteiger partial charge in [0.1, 0.15) is 0 Å². The summed E-state index contributed by atoms with van der Waals surface area (Å²) in [5.74, 6) is -0.144. The highest BCUT2D eigenvalue weighted by Gasteiger charge is 2.26. The van der Waals surface area contributed by atoms with Crippen LogP contribution < -0.4 is 5.32 Å². The van der Waals surface area contributed by atoms with E-state index in [1.165, 1.54) is 36.7 Å². The van der Waals surface area contributed by atoms with Gasteiger partial charge in [-0.25, -0.2) is 12.7 Å². The van der Waals surface area contributed by atoms with Crippen LogP contribution >= 0.6 is 11.3 Å². The maximum atomic E-state index is 12.5. The van der Waals surface area contributed by atoms with Gasteiger partial charge < -0.3 is 5.32 Å². The fourth-order valence-electron chi connectivity index (χ4n) is 3.11. The van der Waals surface area contributed by atoms with Crippen molar-refractivity contribution in [3.05, 3.63) is 46.2 Å². The van der Waals surface area contributed by atoms with Crippen LogP contribution in [-0.2, 0) is 21.2 Å². The van der Waals surface area contributed by atoms with Crippen LogP contribution in [0.5, 0.6) is 0 Å². The number of nitrogens with one attached hydrogen (secondary N) is 1. The Labute approximate surface area is 158 Å². The van der Waals surface area contributed by atoms with Gasteiger partial charge in [0.05, 0.1) is 11.4 Å². The molecule has 0 unspecified atom stereocenters. The van der Waals surface area contributed by atoms with E-state index < -0.39 is 10.0 Å². The highest BCUT2D eigenvalue weighted by Crippen LogP contribution is 2.32. The Balaban J connectivity index is 1.68. The Morgan fingerprint density at radius 3 is 2.85 bits per heavy atom. The van der Waals surface area contributed by atoms with Crippen molar-refractivity contribution in [3.8, 4) is 0 Å². The third-order valence-corrected chi connectivity index (χ3v) is 7.45. The van der Waals surface area contributed by atoms with Gasteiger partial charge >= 0.3 is 0 Å². The van der Waals surface area contributed by atoms with Crippen LogP contribution in [0, 0.1) is 0 Å². The zero-order valence-corrected chi connectivity index (χ0v) is 16.7. The van der Waals surface area contributed by atoms with Crippen molar-refractivity contribution in [2.75, 3.05) is 32.5 Å². The predicted octanol–water partition coefficient (Wildman–Crippen LogP) is 2.56. The van der Waals surface area contributed by atoms with E-state index in [-0.39, 0.29) is 23.4 Å². The summed E-state index contributed by atoms with van der Waals surface area (Å²) in [5.41, 5.74) is 1.78. The Morgan fingerprint density at radius 2 is 2.12 bits per heavy atom. The highest BCUT2D eigenvalue weighted by atomic mass is 32.2. The number of hydrogen-bond acceptors (Lipinski definition) is 5. The summed E-state index contributed by atoms with van der Waals surface area (Å²) in [6.45, 7) is 3.24. The average molecular weight is 394 g/mol. The number of carbonyl (C=O) groups is 1. The van der Waals surface area contributed by atoms with E-state index in [2.05, 4.69) is 28.6 Å². The number of rotatable bonds is 5. The number of thiophene rings is 1. The SMILES string of the molecule is C[C@@H]1c2ccsc2CCN1CC(=O)Nc1cccc(S(=O)(=O)N(C)C)c1. The molecule has 1 amide bonds. The molecule has 140 valence electrons. The molecule has 0 aliphatic carbocycles. The first-order valence-electron chi connectivity index (χ1n) is 8.42. The van der Waals surface area contributed by atoms with Gasteiger partial charge in [-0.05, 0) is 48.6 Å². The summed E-state index contributed by atoms with van der Waals surface area (Å²) in [6.07, 6.45) is 0.960. The average Bonchev–Trinajstić information content (AvgIpc) is 3.07. The number of hydrogen-bond donors (Lipinski definition) is 1. The largest absolute Gasteiger partial charge is 0.325 e. The summed E-state index contributed by atoms with van der Waals surface area (Å²) in [7, 11) is -0.559. The van der Waals surface area contributed by atoms with Crippen molar-refractivity contribution >= 4 is 33.0 Å². The molecule has 1 aromatic heterocycles. The van der Waals surface area contributed by atoms with Gasteiger partial charge in [0.2, 0.25) is 15.9 Å². The Kier molecular flexibility index (Phi) is 5.47. The molecule has 8 heteroatoms. The highest BCUT2D eigenvalue weighted by molar-refractivity contribution is 7.89. The summed E-state index contributed by atoms with van der Waals surface area (Å²) < 4.78 is 25.6. The Bertz CT molecular complexity index is 906. The molecule has 0 saturated carbocycles. The minimum atomic E-state index is -3.53. The molecule has 1 atom stereocenters. The molecule has 1 aliphatic rings. The van der Waals surface area contributed by atoms with Crippen molar-refractivity contribution in [2.24, 2.45) is 0 Å². The van der Waals surface area contributed by atoms with Crippen LogP contribution in [0.15, 0.2) is 40.6 Å². The molecule has 1 aliphatic heterocycles. The standard InChI is InChI=1S/C18H23N3O3S2/c1-13-16-8-10-25-17(16)7-9-21(13)12-18(22)19-14-5-4-6-15(11-14)26(23,24)20(2)3/h4-6,8,10-11,13H,7,9,12H2,1-3H3,(H,19,22)/t13-/m1/s1. The van der Waals surface area contributed by atoms with Gasteiger partial charge in [-0.3, -0.25) is 9.69 Å². The summed E-state index contributed by atoms with van der Waals surface area (Å²) in [4.78, 5) is 16.2. The van der Waals surface area contributed by atoms with E-state index in [4.69, 9.17) is 0 Å². The molecule has 0 fully saturated rings. The molecule has 2 heterocycles. The number of amides is 1. The van der Waals surface area contributed by atoms with Crippen molar-refractivity contribution in [3.63, 3.8) is 0 Å². The fraction of sp³-hybridized carbons (Fsp3) is 0.389. The topological polar surface area (TPSA) is 69.7 Å². The third-order valence-electron chi connectivity index (χ3n) is 4.65. The third kappa shape index (κ3) is 3.83. The normalized spacial score (nSPS) is 17.9. The number of nitrogens with zero attached hydrogens (tertiary/aromatic N) is 2. The van der Waals surface area contributed by atoms with Crippen LogP contribution in [-0.4, -0.2) is 50.7 Å². The van der Waals surface area contributed by atoms with Crippen molar-refractivity contribution < 1.29 is 13.2 Å². The molecule has 26 heavy (non-hydrogen) atoms. The molecule has 3 rings (SSSR count). The van der Waals surface area contributed by atoms with E-state index >= 15 is 0 Å². The lowest BCUT2D eigenvalue weighted by molar-refractivity contribution is -0.117. The van der Waals surface area contributed by atoms with Crippen LogP contribution in [0.3, 0.4) is 0 Å². The number of benzene rings is 1. The van der Waals surface area contributed by atoms with E-state index in [9.17, 15) is 13.2 Å². The minimum absolute atomic E-state index is 0.144. The Hall–Kier alpha value is -1.74. The second kappa shape index (κ2) is 7.48.